The molecule has 1 aliphatic carbocycles. The number of likely N-dealkylation sites (N-methyl/N-ethyl adjacent to an activating group) is 1. The van der Waals surface area contributed by atoms with Gasteiger partial charge in [-0.25, -0.2) is 4.39 Å². The van der Waals surface area contributed by atoms with E-state index in [1.807, 2.05) is 13.1 Å². The quantitative estimate of drug-likeness (QED) is 0.889. The summed E-state index contributed by atoms with van der Waals surface area (Å²) in [5.74, 6) is -0.197. The molecule has 0 amide bonds. The van der Waals surface area contributed by atoms with Gasteiger partial charge in [0.05, 0.1) is 5.60 Å². The fourth-order valence-corrected chi connectivity index (χ4v) is 2.87. The Morgan fingerprint density at radius 3 is 2.67 bits per heavy atom. The second-order valence-corrected chi connectivity index (χ2v) is 5.59. The zero-order valence-corrected chi connectivity index (χ0v) is 11.0. The minimum atomic E-state index is -0.541. The Bertz CT molecular complexity index is 388. The van der Waals surface area contributed by atoms with E-state index in [-0.39, 0.29) is 5.82 Å². The predicted octanol–water partition coefficient (Wildman–Crippen LogP) is 2.95. The second kappa shape index (κ2) is 5.81. The van der Waals surface area contributed by atoms with Crippen molar-refractivity contribution in [1.82, 2.24) is 4.90 Å². The minimum absolute atomic E-state index is 0.197. The number of halogens is 1. The molecule has 2 nitrogen and oxygen atoms in total. The van der Waals surface area contributed by atoms with Crippen molar-refractivity contribution in [2.24, 2.45) is 0 Å². The first-order chi connectivity index (χ1) is 8.57. The van der Waals surface area contributed by atoms with Crippen LogP contribution in [0.3, 0.4) is 0 Å². The summed E-state index contributed by atoms with van der Waals surface area (Å²) in [6.07, 6.45) is 5.24. The Hall–Kier alpha value is -0.930. The van der Waals surface area contributed by atoms with E-state index >= 15 is 0 Å². The first-order valence-corrected chi connectivity index (χ1v) is 6.73. The number of benzene rings is 1. The van der Waals surface area contributed by atoms with Gasteiger partial charge in [-0.1, -0.05) is 31.4 Å². The maximum absolute atomic E-state index is 13.1. The smallest absolute Gasteiger partial charge is 0.123 e. The van der Waals surface area contributed by atoms with Gasteiger partial charge in [0.25, 0.3) is 0 Å². The lowest BCUT2D eigenvalue weighted by Gasteiger charge is -2.35. The Balaban J connectivity index is 1.90. The average molecular weight is 251 g/mol. The number of aliphatic hydroxyl groups is 1. The number of rotatable bonds is 4. The summed E-state index contributed by atoms with van der Waals surface area (Å²) in [6, 6.07) is 6.66. The van der Waals surface area contributed by atoms with E-state index in [1.165, 1.54) is 12.5 Å². The van der Waals surface area contributed by atoms with E-state index in [0.29, 0.717) is 13.1 Å². The van der Waals surface area contributed by atoms with Crippen LogP contribution in [0, 0.1) is 5.82 Å². The van der Waals surface area contributed by atoms with Gasteiger partial charge in [-0.05, 0) is 37.6 Å². The summed E-state index contributed by atoms with van der Waals surface area (Å²) in [6.45, 7) is 1.35. The van der Waals surface area contributed by atoms with E-state index in [9.17, 15) is 9.50 Å². The third-order valence-electron chi connectivity index (χ3n) is 3.69. The van der Waals surface area contributed by atoms with Crippen molar-refractivity contribution in [3.8, 4) is 0 Å². The van der Waals surface area contributed by atoms with Gasteiger partial charge in [0, 0.05) is 13.1 Å². The van der Waals surface area contributed by atoms with Crippen molar-refractivity contribution in [2.45, 2.75) is 44.2 Å². The highest BCUT2D eigenvalue weighted by atomic mass is 19.1. The lowest BCUT2D eigenvalue weighted by molar-refractivity contribution is -0.0223. The average Bonchev–Trinajstić information content (AvgIpc) is 2.28. The van der Waals surface area contributed by atoms with Gasteiger partial charge in [0.2, 0.25) is 0 Å². The van der Waals surface area contributed by atoms with E-state index in [4.69, 9.17) is 0 Å². The summed E-state index contributed by atoms with van der Waals surface area (Å²) in [5, 5.41) is 10.5. The van der Waals surface area contributed by atoms with E-state index in [0.717, 1.165) is 31.2 Å². The lowest BCUT2D eigenvalue weighted by Crippen LogP contribution is -2.42. The Morgan fingerprint density at radius 2 is 2.00 bits per heavy atom. The van der Waals surface area contributed by atoms with Crippen LogP contribution in [0.4, 0.5) is 4.39 Å². The third kappa shape index (κ3) is 3.79. The monoisotopic (exact) mass is 251 g/mol. The summed E-state index contributed by atoms with van der Waals surface area (Å²) in [7, 11) is 1.98. The summed E-state index contributed by atoms with van der Waals surface area (Å²) >= 11 is 0. The van der Waals surface area contributed by atoms with Crippen LogP contribution in [0.2, 0.25) is 0 Å². The molecule has 0 spiro atoms. The molecule has 2 rings (SSSR count). The van der Waals surface area contributed by atoms with Gasteiger partial charge < -0.3 is 5.11 Å². The maximum atomic E-state index is 13.1. The highest BCUT2D eigenvalue weighted by Gasteiger charge is 2.30. The van der Waals surface area contributed by atoms with Crippen molar-refractivity contribution in [2.75, 3.05) is 13.6 Å². The zero-order chi connectivity index (χ0) is 13.0. The summed E-state index contributed by atoms with van der Waals surface area (Å²) in [5.41, 5.74) is 0.414. The molecule has 0 bridgehead atoms. The molecule has 100 valence electrons. The first-order valence-electron chi connectivity index (χ1n) is 6.73. The molecule has 0 aliphatic heterocycles. The van der Waals surface area contributed by atoms with Crippen LogP contribution in [0.1, 0.15) is 37.7 Å². The molecule has 1 aliphatic rings. The molecule has 3 heteroatoms. The van der Waals surface area contributed by atoms with Crippen molar-refractivity contribution < 1.29 is 9.50 Å². The summed E-state index contributed by atoms with van der Waals surface area (Å²) in [4.78, 5) is 2.08. The fourth-order valence-electron chi connectivity index (χ4n) is 2.87. The minimum Gasteiger partial charge on any atom is -0.389 e. The molecule has 1 aromatic rings. The van der Waals surface area contributed by atoms with Crippen LogP contribution in [-0.4, -0.2) is 29.2 Å². The number of hydrogen-bond donors (Lipinski definition) is 1. The van der Waals surface area contributed by atoms with Gasteiger partial charge in [0.1, 0.15) is 5.82 Å². The Labute approximate surface area is 108 Å². The van der Waals surface area contributed by atoms with Crippen molar-refractivity contribution in [3.05, 3.63) is 35.6 Å². The molecule has 0 unspecified atom stereocenters. The van der Waals surface area contributed by atoms with Crippen LogP contribution >= 0.6 is 0 Å². The Morgan fingerprint density at radius 1 is 1.28 bits per heavy atom. The maximum Gasteiger partial charge on any atom is 0.123 e. The topological polar surface area (TPSA) is 23.5 Å². The lowest BCUT2D eigenvalue weighted by atomic mass is 9.84. The van der Waals surface area contributed by atoms with Crippen LogP contribution in [0.25, 0.3) is 0 Å². The van der Waals surface area contributed by atoms with Crippen LogP contribution in [-0.2, 0) is 6.54 Å². The molecular weight excluding hydrogens is 229 g/mol. The molecule has 0 radical (unpaired) electrons. The highest BCUT2D eigenvalue weighted by Crippen LogP contribution is 2.28. The largest absolute Gasteiger partial charge is 0.389 e. The highest BCUT2D eigenvalue weighted by molar-refractivity contribution is 5.16. The molecule has 18 heavy (non-hydrogen) atoms. The van der Waals surface area contributed by atoms with Crippen molar-refractivity contribution in [3.63, 3.8) is 0 Å². The van der Waals surface area contributed by atoms with Gasteiger partial charge in [-0.15, -0.1) is 0 Å². The van der Waals surface area contributed by atoms with Crippen LogP contribution in [0.5, 0.6) is 0 Å². The summed E-state index contributed by atoms with van der Waals surface area (Å²) < 4.78 is 13.1. The molecule has 1 aromatic carbocycles. The Kier molecular flexibility index (Phi) is 4.36. The standard InChI is InChI=1S/C15H22FNO/c1-17(11-13-6-5-7-14(16)10-13)12-15(18)8-3-2-4-9-15/h5-7,10,18H,2-4,8-9,11-12H2,1H3. The molecule has 1 N–H and O–H groups in total. The second-order valence-electron chi connectivity index (χ2n) is 5.59. The van der Waals surface area contributed by atoms with Crippen molar-refractivity contribution in [1.29, 1.82) is 0 Å². The van der Waals surface area contributed by atoms with E-state index < -0.39 is 5.60 Å². The van der Waals surface area contributed by atoms with Crippen LogP contribution in [0.15, 0.2) is 24.3 Å². The number of nitrogens with zero attached hydrogens (tertiary/aromatic N) is 1. The molecule has 0 atom stereocenters. The van der Waals surface area contributed by atoms with Gasteiger partial charge in [-0.2, -0.15) is 0 Å². The molecule has 1 saturated carbocycles. The van der Waals surface area contributed by atoms with E-state index in [1.54, 1.807) is 12.1 Å². The SMILES string of the molecule is CN(Cc1cccc(F)c1)CC1(O)CCCCC1. The fraction of sp³-hybridized carbons (Fsp3) is 0.600. The molecule has 0 aromatic heterocycles. The van der Waals surface area contributed by atoms with Crippen LogP contribution < -0.4 is 0 Å². The first kappa shape index (κ1) is 13.5. The van der Waals surface area contributed by atoms with Gasteiger partial charge in [-0.3, -0.25) is 4.90 Å². The van der Waals surface area contributed by atoms with Crippen molar-refractivity contribution >= 4 is 0 Å². The zero-order valence-electron chi connectivity index (χ0n) is 11.0. The molecular formula is C15H22FNO. The van der Waals surface area contributed by atoms with Gasteiger partial charge in [0.15, 0.2) is 0 Å². The molecule has 0 heterocycles. The predicted molar refractivity (Wildman–Crippen MR) is 70.8 cm³/mol. The van der Waals surface area contributed by atoms with E-state index in [2.05, 4.69) is 4.90 Å². The molecule has 0 saturated heterocycles. The normalized spacial score (nSPS) is 19.1. The molecule has 1 fully saturated rings. The van der Waals surface area contributed by atoms with Gasteiger partial charge >= 0.3 is 0 Å². The number of hydrogen-bond acceptors (Lipinski definition) is 2. The third-order valence-corrected chi connectivity index (χ3v) is 3.69.